The quantitative estimate of drug-likeness (QED) is 0.610. The Morgan fingerprint density at radius 3 is 1.62 bits per heavy atom. The number of hydrogen-bond donors (Lipinski definition) is 1. The second-order valence-corrected chi connectivity index (χ2v) is 3.50. The van der Waals surface area contributed by atoms with E-state index in [1.54, 1.807) is 0 Å². The maximum Gasteiger partial charge on any atom is 0.00414 e. The third kappa shape index (κ3) is 7.06. The molecule has 0 spiro atoms. The molecule has 0 aromatic carbocycles. The monoisotopic (exact) mass is 187 g/mol. The van der Waals surface area contributed by atoms with Crippen molar-refractivity contribution in [3.63, 3.8) is 0 Å². The van der Waals surface area contributed by atoms with Crippen LogP contribution < -0.4 is 5.32 Å². The van der Waals surface area contributed by atoms with E-state index in [0.29, 0.717) is 0 Å². The van der Waals surface area contributed by atoms with Gasteiger partial charge < -0.3 is 5.32 Å². The minimum absolute atomic E-state index is 0.746. The van der Waals surface area contributed by atoms with E-state index >= 15 is 0 Å². The summed E-state index contributed by atoms with van der Waals surface area (Å²) in [5, 5.41) is 3.46. The Bertz CT molecular complexity index is 91.1. The molecule has 0 amide bonds. The van der Waals surface area contributed by atoms with Crippen LogP contribution in [-0.2, 0) is 0 Å². The van der Waals surface area contributed by atoms with Crippen molar-refractivity contribution in [1.82, 2.24) is 5.32 Å². The number of nitrogens with one attached hydrogen (secondary N) is 1. The second-order valence-electron chi connectivity index (χ2n) is 3.50. The smallest absolute Gasteiger partial charge is 0.00414 e. The molecule has 13 heavy (non-hydrogen) atoms. The summed E-state index contributed by atoms with van der Waals surface area (Å²) in [6.45, 7) is 16.1. The Kier molecular flexibility index (Phi) is 11.9. The molecule has 0 bridgehead atoms. The topological polar surface area (TPSA) is 12.0 Å². The van der Waals surface area contributed by atoms with Crippen molar-refractivity contribution in [2.45, 2.75) is 60.9 Å². The fourth-order valence-electron chi connectivity index (χ4n) is 1.46. The van der Waals surface area contributed by atoms with Crippen molar-refractivity contribution in [2.75, 3.05) is 6.54 Å². The molecule has 0 aromatic heterocycles. The number of hydrogen-bond acceptors (Lipinski definition) is 1. The van der Waals surface area contributed by atoms with Gasteiger partial charge in [0.05, 0.1) is 0 Å². The van der Waals surface area contributed by atoms with Gasteiger partial charge in [0, 0.05) is 6.04 Å². The maximum absolute atomic E-state index is 3.46. The van der Waals surface area contributed by atoms with Crippen LogP contribution in [0.4, 0.5) is 0 Å². The standard InChI is InChI=1S/C8H17N.2C2H6/c1-6-4-8(3)9-5-7(6)2;2*1-2/h6-9H,4-5H2,1-3H3;2*1-2H3. The first-order valence-corrected chi connectivity index (χ1v) is 5.93. The van der Waals surface area contributed by atoms with E-state index in [2.05, 4.69) is 26.1 Å². The summed E-state index contributed by atoms with van der Waals surface area (Å²) >= 11 is 0. The van der Waals surface area contributed by atoms with E-state index in [-0.39, 0.29) is 0 Å². The van der Waals surface area contributed by atoms with E-state index < -0.39 is 0 Å². The zero-order valence-corrected chi connectivity index (χ0v) is 10.6. The Hall–Kier alpha value is -0.0400. The third-order valence-corrected chi connectivity index (χ3v) is 2.49. The van der Waals surface area contributed by atoms with Gasteiger partial charge in [-0.1, -0.05) is 41.5 Å². The molecule has 1 aliphatic heterocycles. The Morgan fingerprint density at radius 1 is 0.846 bits per heavy atom. The van der Waals surface area contributed by atoms with Crippen LogP contribution in [0.5, 0.6) is 0 Å². The van der Waals surface area contributed by atoms with Crippen molar-refractivity contribution in [2.24, 2.45) is 11.8 Å². The predicted octanol–water partition coefficient (Wildman–Crippen LogP) is 3.69. The molecule has 1 saturated heterocycles. The van der Waals surface area contributed by atoms with Crippen molar-refractivity contribution >= 4 is 0 Å². The lowest BCUT2D eigenvalue weighted by molar-refractivity contribution is 0.251. The minimum Gasteiger partial charge on any atom is -0.314 e. The van der Waals surface area contributed by atoms with E-state index in [1.165, 1.54) is 13.0 Å². The lowest BCUT2D eigenvalue weighted by Gasteiger charge is -2.30. The molecule has 3 atom stereocenters. The predicted molar refractivity (Wildman–Crippen MR) is 63.1 cm³/mol. The van der Waals surface area contributed by atoms with Crippen LogP contribution in [-0.4, -0.2) is 12.6 Å². The van der Waals surface area contributed by atoms with Gasteiger partial charge in [0.15, 0.2) is 0 Å². The Balaban J connectivity index is 0. The van der Waals surface area contributed by atoms with Crippen molar-refractivity contribution in [1.29, 1.82) is 0 Å². The van der Waals surface area contributed by atoms with Crippen molar-refractivity contribution in [3.8, 4) is 0 Å². The summed E-state index contributed by atoms with van der Waals surface area (Å²) in [6, 6.07) is 0.746. The van der Waals surface area contributed by atoms with Crippen LogP contribution >= 0.6 is 0 Å². The van der Waals surface area contributed by atoms with Gasteiger partial charge >= 0.3 is 0 Å². The third-order valence-electron chi connectivity index (χ3n) is 2.49. The van der Waals surface area contributed by atoms with Crippen molar-refractivity contribution in [3.05, 3.63) is 0 Å². The Labute approximate surface area is 85.3 Å². The molecule has 1 N–H and O–H groups in total. The van der Waals surface area contributed by atoms with E-state index in [1.807, 2.05) is 27.7 Å². The molecule has 1 aliphatic rings. The first-order valence-electron chi connectivity index (χ1n) is 5.93. The molecule has 1 heterocycles. The maximum atomic E-state index is 3.46. The van der Waals surface area contributed by atoms with Gasteiger partial charge in [0.25, 0.3) is 0 Å². The highest BCUT2D eigenvalue weighted by atomic mass is 14.9. The lowest BCUT2D eigenvalue weighted by atomic mass is 9.86. The fraction of sp³-hybridized carbons (Fsp3) is 1.00. The van der Waals surface area contributed by atoms with E-state index in [0.717, 1.165) is 17.9 Å². The zero-order valence-electron chi connectivity index (χ0n) is 10.6. The average Bonchev–Trinajstić information content (AvgIpc) is 2.18. The van der Waals surface area contributed by atoms with Gasteiger partial charge in [-0.15, -0.1) is 0 Å². The molecule has 82 valence electrons. The molecule has 0 radical (unpaired) electrons. The molecule has 1 fully saturated rings. The van der Waals surface area contributed by atoms with Crippen LogP contribution in [0, 0.1) is 11.8 Å². The molecule has 1 rings (SSSR count). The summed E-state index contributed by atoms with van der Waals surface area (Å²) in [5.41, 5.74) is 0. The van der Waals surface area contributed by atoms with Gasteiger partial charge in [-0.05, 0) is 31.7 Å². The molecule has 0 aromatic rings. The zero-order chi connectivity index (χ0) is 10.9. The van der Waals surface area contributed by atoms with Crippen LogP contribution in [0.2, 0.25) is 0 Å². The van der Waals surface area contributed by atoms with Crippen LogP contribution in [0.25, 0.3) is 0 Å². The summed E-state index contributed by atoms with van der Waals surface area (Å²) < 4.78 is 0. The van der Waals surface area contributed by atoms with E-state index in [4.69, 9.17) is 0 Å². The van der Waals surface area contributed by atoms with Gasteiger partial charge in [0.2, 0.25) is 0 Å². The highest BCUT2D eigenvalue weighted by molar-refractivity contribution is 4.76. The van der Waals surface area contributed by atoms with Gasteiger partial charge in [-0.3, -0.25) is 0 Å². The van der Waals surface area contributed by atoms with Gasteiger partial charge in [-0.2, -0.15) is 0 Å². The summed E-state index contributed by atoms with van der Waals surface area (Å²) in [5.74, 6) is 1.79. The minimum atomic E-state index is 0.746. The summed E-state index contributed by atoms with van der Waals surface area (Å²) in [4.78, 5) is 0. The summed E-state index contributed by atoms with van der Waals surface area (Å²) in [7, 11) is 0. The molecular formula is C12H29N. The van der Waals surface area contributed by atoms with Gasteiger partial charge in [0.1, 0.15) is 0 Å². The molecular weight excluding hydrogens is 158 g/mol. The van der Waals surface area contributed by atoms with Gasteiger partial charge in [-0.25, -0.2) is 0 Å². The number of rotatable bonds is 0. The van der Waals surface area contributed by atoms with Crippen LogP contribution in [0.3, 0.4) is 0 Å². The SMILES string of the molecule is CC.CC.CC1CC(C)C(C)CN1. The molecule has 0 saturated carbocycles. The number of piperidine rings is 1. The van der Waals surface area contributed by atoms with Crippen molar-refractivity contribution < 1.29 is 0 Å². The largest absolute Gasteiger partial charge is 0.314 e. The fourth-order valence-corrected chi connectivity index (χ4v) is 1.46. The highest BCUT2D eigenvalue weighted by Gasteiger charge is 2.20. The van der Waals surface area contributed by atoms with Crippen LogP contribution in [0.15, 0.2) is 0 Å². The molecule has 0 aliphatic carbocycles. The molecule has 1 nitrogen and oxygen atoms in total. The second kappa shape index (κ2) is 10.0. The Morgan fingerprint density at radius 2 is 1.31 bits per heavy atom. The molecule has 3 unspecified atom stereocenters. The summed E-state index contributed by atoms with van der Waals surface area (Å²) in [6.07, 6.45) is 1.35. The first-order chi connectivity index (χ1) is 6.20. The first kappa shape index (κ1) is 15.4. The van der Waals surface area contributed by atoms with Crippen LogP contribution in [0.1, 0.15) is 54.9 Å². The highest BCUT2D eigenvalue weighted by Crippen LogP contribution is 2.20. The molecule has 1 heteroatoms. The lowest BCUT2D eigenvalue weighted by Crippen LogP contribution is -2.40. The normalized spacial score (nSPS) is 32.1. The van der Waals surface area contributed by atoms with E-state index in [9.17, 15) is 0 Å². The average molecular weight is 187 g/mol.